The molecule has 1 N–H and O–H groups in total. The number of hydrogen-bond acceptors (Lipinski definition) is 2. The number of carboxylic acids is 1. The normalized spacial score (nSPS) is 12.1. The molecule has 1 aromatic rings. The molecule has 0 aliphatic heterocycles. The molecule has 1 rings (SSSR count). The van der Waals surface area contributed by atoms with Gasteiger partial charge in [0, 0.05) is 25.6 Å². The maximum Gasteiger partial charge on any atom is 0.331 e. The number of nitrogens with zero attached hydrogens (tertiary/aromatic N) is 1. The van der Waals surface area contributed by atoms with Crippen molar-refractivity contribution < 1.29 is 27.9 Å². The molecule has 0 aromatic heterocycles. The first-order valence-electron chi connectivity index (χ1n) is 4.86. The van der Waals surface area contributed by atoms with Crippen LogP contribution in [-0.2, 0) is 9.59 Å². The van der Waals surface area contributed by atoms with Gasteiger partial charge >= 0.3 is 5.97 Å². The van der Waals surface area contributed by atoms with Crippen molar-refractivity contribution in [2.75, 3.05) is 7.05 Å². The Kier molecular flexibility index (Phi) is 3.95. The summed E-state index contributed by atoms with van der Waals surface area (Å²) in [7, 11) is 1.13. The Morgan fingerprint density at radius 1 is 1.17 bits per heavy atom. The summed E-state index contributed by atoms with van der Waals surface area (Å²) in [5.74, 6) is -6.22. The molecule has 98 valence electrons. The van der Waals surface area contributed by atoms with Gasteiger partial charge in [-0.25, -0.2) is 18.0 Å². The van der Waals surface area contributed by atoms with Crippen LogP contribution in [0.4, 0.5) is 13.2 Å². The van der Waals surface area contributed by atoms with E-state index in [4.69, 9.17) is 5.11 Å². The van der Waals surface area contributed by atoms with Crippen LogP contribution in [0.5, 0.6) is 0 Å². The van der Waals surface area contributed by atoms with E-state index in [1.54, 1.807) is 0 Å². The van der Waals surface area contributed by atoms with Crippen LogP contribution in [0, 0.1) is 17.5 Å². The number of aliphatic carboxylic acids is 1. The number of carbonyl (C=O) groups is 2. The maximum atomic E-state index is 13.5. The van der Waals surface area contributed by atoms with Gasteiger partial charge in [0.25, 0.3) is 0 Å². The summed E-state index contributed by atoms with van der Waals surface area (Å²) < 4.78 is 39.2. The van der Waals surface area contributed by atoms with Crippen molar-refractivity contribution in [3.8, 4) is 0 Å². The Morgan fingerprint density at radius 3 is 2.11 bits per heavy atom. The molecule has 0 heterocycles. The van der Waals surface area contributed by atoms with E-state index in [9.17, 15) is 22.8 Å². The van der Waals surface area contributed by atoms with E-state index >= 15 is 0 Å². The zero-order valence-corrected chi connectivity index (χ0v) is 9.58. The van der Waals surface area contributed by atoms with Gasteiger partial charge < -0.3 is 10.0 Å². The smallest absolute Gasteiger partial charge is 0.331 e. The number of rotatable bonds is 3. The average Bonchev–Trinajstić information content (AvgIpc) is 2.24. The van der Waals surface area contributed by atoms with Gasteiger partial charge in [0.2, 0.25) is 5.91 Å². The summed E-state index contributed by atoms with van der Waals surface area (Å²) in [6, 6.07) is -1.03. The largest absolute Gasteiger partial charge is 0.479 e. The molecule has 7 heteroatoms. The Hall–Kier alpha value is -2.05. The summed E-state index contributed by atoms with van der Waals surface area (Å²) in [5, 5.41) is 8.95. The third-order valence-corrected chi connectivity index (χ3v) is 2.45. The lowest BCUT2D eigenvalue weighted by Crippen LogP contribution is -2.35. The lowest BCUT2D eigenvalue weighted by atomic mass is 10.0. The van der Waals surface area contributed by atoms with Crippen molar-refractivity contribution in [1.82, 2.24) is 4.90 Å². The topological polar surface area (TPSA) is 57.6 Å². The number of likely N-dealkylation sites (N-methyl/N-ethyl adjacent to an activating group) is 1. The van der Waals surface area contributed by atoms with Gasteiger partial charge in [-0.2, -0.15) is 0 Å². The first-order valence-corrected chi connectivity index (χ1v) is 4.86. The fourth-order valence-corrected chi connectivity index (χ4v) is 1.44. The van der Waals surface area contributed by atoms with Crippen LogP contribution in [0.2, 0.25) is 0 Å². The van der Waals surface area contributed by atoms with E-state index in [1.165, 1.54) is 0 Å². The van der Waals surface area contributed by atoms with Gasteiger partial charge in [0.05, 0.1) is 0 Å². The monoisotopic (exact) mass is 261 g/mol. The number of halogens is 3. The van der Waals surface area contributed by atoms with Gasteiger partial charge in [-0.05, 0) is 6.07 Å². The van der Waals surface area contributed by atoms with E-state index in [-0.39, 0.29) is 6.07 Å². The van der Waals surface area contributed by atoms with Crippen molar-refractivity contribution in [3.05, 3.63) is 35.1 Å². The molecule has 0 aliphatic rings. The van der Waals surface area contributed by atoms with Crippen LogP contribution in [-0.4, -0.2) is 28.9 Å². The fourth-order valence-electron chi connectivity index (χ4n) is 1.44. The van der Waals surface area contributed by atoms with E-state index in [0.29, 0.717) is 6.07 Å². The first-order chi connectivity index (χ1) is 8.25. The summed E-state index contributed by atoms with van der Waals surface area (Å²) in [6.45, 7) is 1.08. The van der Waals surface area contributed by atoms with E-state index in [1.807, 2.05) is 0 Å². The summed E-state index contributed by atoms with van der Waals surface area (Å²) in [6.07, 6.45) is 0. The van der Waals surface area contributed by atoms with Crippen LogP contribution in [0.15, 0.2) is 12.1 Å². The molecule has 18 heavy (non-hydrogen) atoms. The predicted molar refractivity (Wildman–Crippen MR) is 55.1 cm³/mol. The summed E-state index contributed by atoms with van der Waals surface area (Å²) in [4.78, 5) is 22.8. The van der Waals surface area contributed by atoms with Gasteiger partial charge in [-0.3, -0.25) is 4.79 Å². The van der Waals surface area contributed by atoms with Crippen LogP contribution >= 0.6 is 0 Å². The van der Waals surface area contributed by atoms with Crippen LogP contribution < -0.4 is 0 Å². The Morgan fingerprint density at radius 2 is 1.67 bits per heavy atom. The highest BCUT2D eigenvalue weighted by atomic mass is 19.2. The van der Waals surface area contributed by atoms with E-state index in [2.05, 4.69) is 0 Å². The molecule has 0 radical (unpaired) electrons. The summed E-state index contributed by atoms with van der Waals surface area (Å²) >= 11 is 0. The molecule has 4 nitrogen and oxygen atoms in total. The molecule has 1 aromatic carbocycles. The first kappa shape index (κ1) is 14.0. The lowest BCUT2D eigenvalue weighted by Gasteiger charge is -2.24. The molecule has 1 atom stereocenters. The van der Waals surface area contributed by atoms with E-state index < -0.39 is 40.9 Å². The fraction of sp³-hybridized carbons (Fsp3) is 0.273. The second-order valence-corrected chi connectivity index (χ2v) is 3.66. The van der Waals surface area contributed by atoms with Crippen molar-refractivity contribution in [3.63, 3.8) is 0 Å². The minimum atomic E-state index is -1.71. The Balaban J connectivity index is 3.35. The van der Waals surface area contributed by atoms with Gasteiger partial charge in [0.15, 0.2) is 17.7 Å². The molecule has 0 spiro atoms. The number of carboxylic acid groups (broad SMARTS) is 1. The number of benzene rings is 1. The van der Waals surface area contributed by atoms with Crippen LogP contribution in [0.25, 0.3) is 0 Å². The maximum absolute atomic E-state index is 13.5. The quantitative estimate of drug-likeness (QED) is 0.843. The minimum absolute atomic E-state index is 0.245. The lowest BCUT2D eigenvalue weighted by molar-refractivity contribution is -0.148. The molecule has 0 saturated heterocycles. The summed E-state index contributed by atoms with van der Waals surface area (Å²) in [5.41, 5.74) is -0.612. The highest BCUT2D eigenvalue weighted by Gasteiger charge is 2.30. The highest BCUT2D eigenvalue weighted by molar-refractivity contribution is 5.83. The van der Waals surface area contributed by atoms with Crippen molar-refractivity contribution in [2.45, 2.75) is 13.0 Å². The third kappa shape index (κ3) is 2.61. The standard InChI is InChI=1S/C11H10F3NO3/c1-5(16)15(2)10(11(17)18)6-3-8(13)9(14)4-7(6)12/h3-4,10H,1-2H3,(H,17,18). The van der Waals surface area contributed by atoms with Crippen molar-refractivity contribution in [1.29, 1.82) is 0 Å². The molecular weight excluding hydrogens is 251 g/mol. The highest BCUT2D eigenvalue weighted by Crippen LogP contribution is 2.25. The van der Waals surface area contributed by atoms with E-state index in [0.717, 1.165) is 18.9 Å². The minimum Gasteiger partial charge on any atom is -0.479 e. The average molecular weight is 261 g/mol. The Bertz CT molecular complexity index is 505. The predicted octanol–water partition coefficient (Wildman–Crippen LogP) is 1.71. The second kappa shape index (κ2) is 5.07. The second-order valence-electron chi connectivity index (χ2n) is 3.66. The molecule has 1 amide bonds. The van der Waals surface area contributed by atoms with Gasteiger partial charge in [-0.15, -0.1) is 0 Å². The molecule has 0 saturated carbocycles. The Labute approximate surface area is 101 Å². The zero-order chi connectivity index (χ0) is 14.0. The zero-order valence-electron chi connectivity index (χ0n) is 9.58. The third-order valence-electron chi connectivity index (χ3n) is 2.45. The number of amides is 1. The molecule has 0 aliphatic carbocycles. The molecular formula is C11H10F3NO3. The van der Waals surface area contributed by atoms with Gasteiger partial charge in [0.1, 0.15) is 5.82 Å². The molecule has 1 unspecified atom stereocenters. The number of hydrogen-bond donors (Lipinski definition) is 1. The number of carbonyl (C=O) groups excluding carboxylic acids is 1. The molecule has 0 bridgehead atoms. The van der Waals surface area contributed by atoms with Crippen LogP contribution in [0.3, 0.4) is 0 Å². The van der Waals surface area contributed by atoms with Crippen LogP contribution in [0.1, 0.15) is 18.5 Å². The van der Waals surface area contributed by atoms with Gasteiger partial charge in [-0.1, -0.05) is 0 Å². The molecule has 0 fully saturated rings. The SMILES string of the molecule is CC(=O)N(C)C(C(=O)O)c1cc(F)c(F)cc1F. The van der Waals surface area contributed by atoms with Crippen molar-refractivity contribution >= 4 is 11.9 Å². The van der Waals surface area contributed by atoms with Crippen molar-refractivity contribution in [2.24, 2.45) is 0 Å².